The second kappa shape index (κ2) is 7.22. The molecule has 0 spiro atoms. The Kier molecular flexibility index (Phi) is 5.06. The molecule has 1 aliphatic carbocycles. The highest BCUT2D eigenvalue weighted by atomic mass is 16.5. The van der Waals surface area contributed by atoms with Crippen LogP contribution < -0.4 is 5.32 Å². The molecule has 9 nitrogen and oxygen atoms in total. The first-order valence-electron chi connectivity index (χ1n) is 8.07. The Hall–Kier alpha value is -1.74. The minimum absolute atomic E-state index is 0.0611. The summed E-state index contributed by atoms with van der Waals surface area (Å²) in [5, 5.41) is 14.6. The Labute approximate surface area is 135 Å². The predicted octanol–water partition coefficient (Wildman–Crippen LogP) is -0.0644. The third kappa shape index (κ3) is 3.61. The molecule has 3 unspecified atom stereocenters. The summed E-state index contributed by atoms with van der Waals surface area (Å²) in [7, 11) is 3.44. The fourth-order valence-electron chi connectivity index (χ4n) is 3.57. The van der Waals surface area contributed by atoms with Gasteiger partial charge in [-0.25, -0.2) is 4.79 Å². The lowest BCUT2D eigenvalue weighted by Gasteiger charge is -2.40. The first kappa shape index (κ1) is 16.1. The summed E-state index contributed by atoms with van der Waals surface area (Å²) >= 11 is 0. The molecule has 23 heavy (non-hydrogen) atoms. The molecule has 9 heteroatoms. The summed E-state index contributed by atoms with van der Waals surface area (Å²) in [6, 6.07) is -0.0430. The Morgan fingerprint density at radius 1 is 1.48 bits per heavy atom. The molecule has 1 aliphatic heterocycles. The summed E-state index contributed by atoms with van der Waals surface area (Å²) in [6.07, 6.45) is 3.47. The van der Waals surface area contributed by atoms with E-state index in [9.17, 15) is 4.79 Å². The molecule has 2 aliphatic rings. The van der Waals surface area contributed by atoms with Crippen LogP contribution in [0.2, 0.25) is 0 Å². The fourth-order valence-corrected chi connectivity index (χ4v) is 3.57. The van der Waals surface area contributed by atoms with Gasteiger partial charge in [0.05, 0.1) is 39.0 Å². The highest BCUT2D eigenvalue weighted by Gasteiger charge is 2.40. The molecule has 0 aromatic carbocycles. The minimum atomic E-state index is -0.104. The first-order valence-corrected chi connectivity index (χ1v) is 8.07. The number of methoxy groups -OCH3 is 1. The van der Waals surface area contributed by atoms with E-state index in [2.05, 4.69) is 20.7 Å². The fraction of sp³-hybridized carbons (Fsp3) is 0.857. The molecule has 2 fully saturated rings. The number of carbonyl (C=O) groups excluding carboxylic acids is 1. The summed E-state index contributed by atoms with van der Waals surface area (Å²) in [5.74, 6) is 0.835. The number of urea groups is 1. The quantitative estimate of drug-likeness (QED) is 0.833. The lowest BCUT2D eigenvalue weighted by atomic mass is 9.94. The van der Waals surface area contributed by atoms with Crippen molar-refractivity contribution in [2.75, 3.05) is 26.9 Å². The van der Waals surface area contributed by atoms with Gasteiger partial charge in [0, 0.05) is 19.6 Å². The lowest BCUT2D eigenvalue weighted by molar-refractivity contribution is -0.0399. The number of morpholine rings is 1. The number of rotatable bonds is 4. The Balaban J connectivity index is 1.62. The third-order valence-corrected chi connectivity index (χ3v) is 4.67. The van der Waals surface area contributed by atoms with Gasteiger partial charge in [0.15, 0.2) is 5.82 Å². The third-order valence-electron chi connectivity index (χ3n) is 4.67. The van der Waals surface area contributed by atoms with Crippen molar-refractivity contribution >= 4 is 6.03 Å². The number of tetrazole rings is 1. The van der Waals surface area contributed by atoms with Gasteiger partial charge in [-0.1, -0.05) is 6.42 Å². The van der Waals surface area contributed by atoms with E-state index in [-0.39, 0.29) is 24.7 Å². The van der Waals surface area contributed by atoms with E-state index in [0.29, 0.717) is 31.5 Å². The maximum atomic E-state index is 12.6. The molecule has 3 rings (SSSR count). The van der Waals surface area contributed by atoms with Gasteiger partial charge in [0.1, 0.15) is 0 Å². The van der Waals surface area contributed by atoms with Crippen LogP contribution in [0, 0.1) is 5.92 Å². The van der Waals surface area contributed by atoms with Crippen LogP contribution in [0.15, 0.2) is 0 Å². The van der Waals surface area contributed by atoms with Gasteiger partial charge in [-0.05, 0) is 18.1 Å². The van der Waals surface area contributed by atoms with Crippen LogP contribution in [0.25, 0.3) is 0 Å². The number of aryl methyl sites for hydroxylation is 1. The van der Waals surface area contributed by atoms with Gasteiger partial charge in [0.25, 0.3) is 0 Å². The highest BCUT2D eigenvalue weighted by molar-refractivity contribution is 5.74. The normalized spacial score (nSPS) is 28.1. The molecule has 1 aromatic rings. The molecule has 3 atom stereocenters. The van der Waals surface area contributed by atoms with Crippen LogP contribution in [-0.4, -0.2) is 70.2 Å². The molecule has 2 heterocycles. The van der Waals surface area contributed by atoms with Crippen molar-refractivity contribution in [3.8, 4) is 0 Å². The summed E-state index contributed by atoms with van der Waals surface area (Å²) in [4.78, 5) is 15.8. The number of nitrogens with one attached hydrogen (secondary N) is 1. The van der Waals surface area contributed by atoms with E-state index in [1.54, 1.807) is 14.2 Å². The maximum Gasteiger partial charge on any atom is 0.318 e. The zero-order valence-corrected chi connectivity index (χ0v) is 13.6. The highest BCUT2D eigenvalue weighted by Crippen LogP contribution is 2.33. The van der Waals surface area contributed by atoms with Gasteiger partial charge in [0.2, 0.25) is 0 Å². The van der Waals surface area contributed by atoms with Crippen molar-refractivity contribution in [1.82, 2.24) is 30.4 Å². The van der Waals surface area contributed by atoms with Crippen LogP contribution >= 0.6 is 0 Å². The summed E-state index contributed by atoms with van der Waals surface area (Å²) in [5.41, 5.74) is 0. The van der Waals surface area contributed by atoms with E-state index in [0.717, 1.165) is 19.3 Å². The standard InChI is InChI=1S/C14H24N6O3/c1-19-17-13(16-18-19)8-15-14(21)20-6-7-23-9-11(20)10-4-3-5-12(10)22-2/h10-12H,3-9H2,1-2H3,(H,15,21). The van der Waals surface area contributed by atoms with Crippen LogP contribution in [0.5, 0.6) is 0 Å². The zero-order chi connectivity index (χ0) is 16.2. The molecular weight excluding hydrogens is 300 g/mol. The van der Waals surface area contributed by atoms with Crippen molar-refractivity contribution in [2.24, 2.45) is 13.0 Å². The van der Waals surface area contributed by atoms with E-state index in [1.165, 1.54) is 4.80 Å². The zero-order valence-electron chi connectivity index (χ0n) is 13.6. The molecule has 1 saturated heterocycles. The number of hydrogen-bond donors (Lipinski definition) is 1. The van der Waals surface area contributed by atoms with Crippen LogP contribution in [-0.2, 0) is 23.1 Å². The number of nitrogens with zero attached hydrogens (tertiary/aromatic N) is 5. The average molecular weight is 324 g/mol. The molecule has 2 amide bonds. The van der Waals surface area contributed by atoms with E-state index >= 15 is 0 Å². The molecule has 1 aromatic heterocycles. The predicted molar refractivity (Wildman–Crippen MR) is 80.5 cm³/mol. The molecular formula is C14H24N6O3. The second-order valence-electron chi connectivity index (χ2n) is 6.06. The SMILES string of the molecule is COC1CCCC1C1COCCN1C(=O)NCc1nnn(C)n1. The van der Waals surface area contributed by atoms with Gasteiger partial charge >= 0.3 is 6.03 Å². The number of aromatic nitrogens is 4. The minimum Gasteiger partial charge on any atom is -0.381 e. The summed E-state index contributed by atoms with van der Waals surface area (Å²) < 4.78 is 11.2. The van der Waals surface area contributed by atoms with Gasteiger partial charge < -0.3 is 19.7 Å². The summed E-state index contributed by atoms with van der Waals surface area (Å²) in [6.45, 7) is 2.01. The average Bonchev–Trinajstić information content (AvgIpc) is 3.21. The Bertz CT molecular complexity index is 536. The molecule has 128 valence electrons. The van der Waals surface area contributed by atoms with Crippen molar-refractivity contribution in [3.05, 3.63) is 5.82 Å². The van der Waals surface area contributed by atoms with Crippen molar-refractivity contribution in [3.63, 3.8) is 0 Å². The molecule has 1 N–H and O–H groups in total. The van der Waals surface area contributed by atoms with E-state index in [1.807, 2.05) is 4.90 Å². The monoisotopic (exact) mass is 324 g/mol. The number of amides is 2. The largest absolute Gasteiger partial charge is 0.381 e. The van der Waals surface area contributed by atoms with Gasteiger partial charge in [-0.15, -0.1) is 10.2 Å². The maximum absolute atomic E-state index is 12.6. The van der Waals surface area contributed by atoms with Crippen molar-refractivity contribution in [2.45, 2.75) is 38.0 Å². The smallest absolute Gasteiger partial charge is 0.318 e. The first-order chi connectivity index (χ1) is 11.2. The molecule has 1 saturated carbocycles. The van der Waals surface area contributed by atoms with Crippen LogP contribution in [0.3, 0.4) is 0 Å². The van der Waals surface area contributed by atoms with Crippen LogP contribution in [0.1, 0.15) is 25.1 Å². The van der Waals surface area contributed by atoms with Crippen molar-refractivity contribution < 1.29 is 14.3 Å². The van der Waals surface area contributed by atoms with Crippen LogP contribution in [0.4, 0.5) is 4.79 Å². The lowest BCUT2D eigenvalue weighted by Crippen LogP contribution is -2.56. The Morgan fingerprint density at radius 2 is 2.35 bits per heavy atom. The number of carbonyl (C=O) groups is 1. The van der Waals surface area contributed by atoms with E-state index < -0.39 is 0 Å². The van der Waals surface area contributed by atoms with E-state index in [4.69, 9.17) is 9.47 Å². The van der Waals surface area contributed by atoms with Gasteiger partial charge in [-0.3, -0.25) is 0 Å². The topological polar surface area (TPSA) is 94.4 Å². The molecule has 0 bridgehead atoms. The number of ether oxygens (including phenoxy) is 2. The van der Waals surface area contributed by atoms with Crippen molar-refractivity contribution in [1.29, 1.82) is 0 Å². The second-order valence-corrected chi connectivity index (χ2v) is 6.06. The Morgan fingerprint density at radius 3 is 3.09 bits per heavy atom. The van der Waals surface area contributed by atoms with Gasteiger partial charge in [-0.2, -0.15) is 4.80 Å². The molecule has 0 radical (unpaired) electrons. The number of hydrogen-bond acceptors (Lipinski definition) is 6.